The molecule has 0 saturated heterocycles. The first-order valence-corrected chi connectivity index (χ1v) is 8.25. The van der Waals surface area contributed by atoms with E-state index in [2.05, 4.69) is 29.5 Å². The third kappa shape index (κ3) is 4.26. The summed E-state index contributed by atoms with van der Waals surface area (Å²) in [6.45, 7) is 4.74. The number of carbonyl (C=O) groups excluding carboxylic acids is 1. The van der Waals surface area contributed by atoms with E-state index in [-0.39, 0.29) is 5.91 Å². The second-order valence-corrected chi connectivity index (χ2v) is 6.09. The Morgan fingerprint density at radius 1 is 1.16 bits per heavy atom. The molecule has 5 nitrogen and oxygen atoms in total. The van der Waals surface area contributed by atoms with Crippen molar-refractivity contribution in [3.05, 3.63) is 78.0 Å². The van der Waals surface area contributed by atoms with Crippen molar-refractivity contribution in [2.45, 2.75) is 26.3 Å². The van der Waals surface area contributed by atoms with Gasteiger partial charge in [-0.2, -0.15) is 0 Å². The molecule has 3 rings (SSSR count). The van der Waals surface area contributed by atoms with Crippen LogP contribution in [0.3, 0.4) is 0 Å². The van der Waals surface area contributed by atoms with Crippen LogP contribution in [0, 0.1) is 0 Å². The molecule has 0 aliphatic heterocycles. The lowest BCUT2D eigenvalue weighted by molar-refractivity contribution is 0.102. The minimum Gasteiger partial charge on any atom is -0.467 e. The second-order valence-electron chi connectivity index (χ2n) is 6.09. The lowest BCUT2D eigenvalue weighted by atomic mass is 10.0. The molecule has 1 amide bonds. The molecule has 2 N–H and O–H groups in total. The number of hydrogen-bond acceptors (Lipinski definition) is 4. The lowest BCUT2D eigenvalue weighted by Crippen LogP contribution is -2.14. The van der Waals surface area contributed by atoms with Crippen molar-refractivity contribution >= 4 is 17.3 Å². The van der Waals surface area contributed by atoms with E-state index < -0.39 is 0 Å². The highest BCUT2D eigenvalue weighted by atomic mass is 16.3. The van der Waals surface area contributed by atoms with Gasteiger partial charge >= 0.3 is 0 Å². The van der Waals surface area contributed by atoms with Gasteiger partial charge in [0.25, 0.3) is 5.91 Å². The van der Waals surface area contributed by atoms with E-state index in [1.165, 1.54) is 0 Å². The molecule has 0 radical (unpaired) electrons. The monoisotopic (exact) mass is 335 g/mol. The molecule has 0 saturated carbocycles. The van der Waals surface area contributed by atoms with Crippen LogP contribution in [-0.4, -0.2) is 10.9 Å². The van der Waals surface area contributed by atoms with E-state index in [1.807, 2.05) is 36.4 Å². The van der Waals surface area contributed by atoms with Crippen molar-refractivity contribution < 1.29 is 9.21 Å². The van der Waals surface area contributed by atoms with Gasteiger partial charge in [-0.3, -0.25) is 9.78 Å². The summed E-state index contributed by atoms with van der Waals surface area (Å²) >= 11 is 0. The standard InChI is InChI=1S/C20H21N3O2/c1-14(2)18-7-3-4-8-19(18)23-20(24)15-10-16(12-21-11-15)22-13-17-6-5-9-25-17/h3-12,14,22H,13H2,1-2H3,(H,23,24). The molecule has 128 valence electrons. The Labute approximate surface area is 147 Å². The second kappa shape index (κ2) is 7.66. The van der Waals surface area contributed by atoms with Crippen molar-refractivity contribution in [2.75, 3.05) is 10.6 Å². The van der Waals surface area contributed by atoms with Gasteiger partial charge in [0, 0.05) is 18.1 Å². The van der Waals surface area contributed by atoms with E-state index in [9.17, 15) is 4.79 Å². The van der Waals surface area contributed by atoms with Crippen molar-refractivity contribution in [2.24, 2.45) is 0 Å². The highest BCUT2D eigenvalue weighted by molar-refractivity contribution is 6.05. The van der Waals surface area contributed by atoms with Gasteiger partial charge in [0.2, 0.25) is 0 Å². The summed E-state index contributed by atoms with van der Waals surface area (Å²) in [5, 5.41) is 6.18. The molecule has 0 aliphatic rings. The molecule has 25 heavy (non-hydrogen) atoms. The topological polar surface area (TPSA) is 67.2 Å². The van der Waals surface area contributed by atoms with E-state index in [0.717, 1.165) is 22.7 Å². The Balaban J connectivity index is 1.71. The Bertz CT molecular complexity index is 842. The molecule has 0 spiro atoms. The number of amides is 1. The van der Waals surface area contributed by atoms with Crippen LogP contribution in [0.1, 0.15) is 41.4 Å². The zero-order valence-corrected chi connectivity index (χ0v) is 14.3. The molecule has 1 aromatic carbocycles. The minimum absolute atomic E-state index is 0.178. The Kier molecular flexibility index (Phi) is 5.14. The number of hydrogen-bond donors (Lipinski definition) is 2. The minimum atomic E-state index is -0.178. The Morgan fingerprint density at radius 2 is 2.00 bits per heavy atom. The summed E-state index contributed by atoms with van der Waals surface area (Å²) in [5.74, 6) is 0.971. The molecular formula is C20H21N3O2. The normalized spacial score (nSPS) is 10.7. The maximum Gasteiger partial charge on any atom is 0.257 e. The average Bonchev–Trinajstić information content (AvgIpc) is 3.14. The summed E-state index contributed by atoms with van der Waals surface area (Å²) in [4.78, 5) is 16.7. The molecule has 0 unspecified atom stereocenters. The van der Waals surface area contributed by atoms with E-state index >= 15 is 0 Å². The fourth-order valence-electron chi connectivity index (χ4n) is 2.57. The highest BCUT2D eigenvalue weighted by Crippen LogP contribution is 2.24. The van der Waals surface area contributed by atoms with Gasteiger partial charge in [0.1, 0.15) is 5.76 Å². The lowest BCUT2D eigenvalue weighted by Gasteiger charge is -2.14. The summed E-state index contributed by atoms with van der Waals surface area (Å²) in [5.41, 5.74) is 3.21. The van der Waals surface area contributed by atoms with Crippen LogP contribution in [0.4, 0.5) is 11.4 Å². The van der Waals surface area contributed by atoms with Crippen LogP contribution in [-0.2, 0) is 6.54 Å². The first-order valence-electron chi connectivity index (χ1n) is 8.25. The molecular weight excluding hydrogens is 314 g/mol. The zero-order chi connectivity index (χ0) is 17.6. The van der Waals surface area contributed by atoms with Gasteiger partial charge in [-0.15, -0.1) is 0 Å². The van der Waals surface area contributed by atoms with Gasteiger partial charge < -0.3 is 15.1 Å². The summed E-state index contributed by atoms with van der Waals surface area (Å²) in [6, 6.07) is 13.3. The molecule has 0 atom stereocenters. The Morgan fingerprint density at radius 3 is 2.76 bits per heavy atom. The molecule has 0 bridgehead atoms. The van der Waals surface area contributed by atoms with Gasteiger partial charge in [-0.25, -0.2) is 0 Å². The first kappa shape index (κ1) is 16.8. The smallest absolute Gasteiger partial charge is 0.257 e. The third-order valence-electron chi connectivity index (χ3n) is 3.88. The molecule has 2 aromatic heterocycles. The predicted octanol–water partition coefficient (Wildman–Crippen LogP) is 4.66. The third-order valence-corrected chi connectivity index (χ3v) is 3.88. The number of carbonyl (C=O) groups is 1. The van der Waals surface area contributed by atoms with Gasteiger partial charge in [0.15, 0.2) is 0 Å². The van der Waals surface area contributed by atoms with Crippen molar-refractivity contribution in [3.63, 3.8) is 0 Å². The van der Waals surface area contributed by atoms with Crippen molar-refractivity contribution in [1.82, 2.24) is 4.98 Å². The maximum absolute atomic E-state index is 12.6. The zero-order valence-electron chi connectivity index (χ0n) is 14.3. The fraction of sp³-hybridized carbons (Fsp3) is 0.200. The number of aromatic nitrogens is 1. The number of pyridine rings is 1. The number of nitrogens with one attached hydrogen (secondary N) is 2. The average molecular weight is 335 g/mol. The van der Waals surface area contributed by atoms with E-state index in [0.29, 0.717) is 18.0 Å². The largest absolute Gasteiger partial charge is 0.467 e. The SMILES string of the molecule is CC(C)c1ccccc1NC(=O)c1cncc(NCc2ccco2)c1. The van der Waals surface area contributed by atoms with Crippen LogP contribution in [0.5, 0.6) is 0 Å². The number of rotatable bonds is 6. The molecule has 2 heterocycles. The van der Waals surface area contributed by atoms with Gasteiger partial charge in [-0.05, 0) is 35.7 Å². The van der Waals surface area contributed by atoms with Gasteiger partial charge in [0.05, 0.1) is 24.1 Å². The number of nitrogens with zero attached hydrogens (tertiary/aromatic N) is 1. The Hall–Kier alpha value is -3.08. The van der Waals surface area contributed by atoms with E-state index in [1.54, 1.807) is 24.7 Å². The quantitative estimate of drug-likeness (QED) is 0.687. The summed E-state index contributed by atoms with van der Waals surface area (Å²) in [6.07, 6.45) is 4.87. The maximum atomic E-state index is 12.6. The summed E-state index contributed by atoms with van der Waals surface area (Å²) < 4.78 is 5.29. The van der Waals surface area contributed by atoms with Gasteiger partial charge in [-0.1, -0.05) is 32.0 Å². The number of para-hydroxylation sites is 1. The summed E-state index contributed by atoms with van der Waals surface area (Å²) in [7, 11) is 0. The number of anilines is 2. The van der Waals surface area contributed by atoms with Crippen molar-refractivity contribution in [3.8, 4) is 0 Å². The molecule has 3 aromatic rings. The van der Waals surface area contributed by atoms with Crippen molar-refractivity contribution in [1.29, 1.82) is 0 Å². The number of furan rings is 1. The molecule has 5 heteroatoms. The van der Waals surface area contributed by atoms with Crippen LogP contribution >= 0.6 is 0 Å². The number of benzene rings is 1. The molecule has 0 aliphatic carbocycles. The van der Waals surface area contributed by atoms with E-state index in [4.69, 9.17) is 4.42 Å². The molecule has 0 fully saturated rings. The highest BCUT2D eigenvalue weighted by Gasteiger charge is 2.11. The first-order chi connectivity index (χ1) is 12.1. The van der Waals surface area contributed by atoms with Crippen LogP contribution in [0.15, 0.2) is 65.5 Å². The predicted molar refractivity (Wildman–Crippen MR) is 98.8 cm³/mol. The van der Waals surface area contributed by atoms with Crippen LogP contribution in [0.25, 0.3) is 0 Å². The fourth-order valence-corrected chi connectivity index (χ4v) is 2.57. The van der Waals surface area contributed by atoms with Crippen LogP contribution in [0.2, 0.25) is 0 Å². The van der Waals surface area contributed by atoms with Crippen LogP contribution < -0.4 is 10.6 Å².